The van der Waals surface area contributed by atoms with E-state index in [1.54, 1.807) is 0 Å². The fourth-order valence-electron chi connectivity index (χ4n) is 3.59. The SMILES string of the molecule is CCCNc1ccc(CN2CC3CCC(O)C3C2)cn1. The lowest BCUT2D eigenvalue weighted by Gasteiger charge is -2.18. The summed E-state index contributed by atoms with van der Waals surface area (Å²) in [5.41, 5.74) is 1.27. The van der Waals surface area contributed by atoms with Gasteiger partial charge in [0, 0.05) is 38.3 Å². The van der Waals surface area contributed by atoms with Crippen LogP contribution in [0, 0.1) is 11.8 Å². The van der Waals surface area contributed by atoms with Gasteiger partial charge in [0.05, 0.1) is 6.10 Å². The summed E-state index contributed by atoms with van der Waals surface area (Å²) in [5, 5.41) is 13.3. The summed E-state index contributed by atoms with van der Waals surface area (Å²) in [7, 11) is 0. The molecule has 1 aromatic rings. The minimum atomic E-state index is -0.0660. The minimum absolute atomic E-state index is 0.0660. The number of aliphatic hydroxyl groups is 1. The van der Waals surface area contributed by atoms with Gasteiger partial charge in [-0.2, -0.15) is 0 Å². The molecule has 4 nitrogen and oxygen atoms in total. The summed E-state index contributed by atoms with van der Waals surface area (Å²) in [4.78, 5) is 6.92. The van der Waals surface area contributed by atoms with E-state index >= 15 is 0 Å². The number of anilines is 1. The zero-order chi connectivity index (χ0) is 13.9. The summed E-state index contributed by atoms with van der Waals surface area (Å²) in [5.74, 6) is 2.18. The fourth-order valence-corrected chi connectivity index (χ4v) is 3.59. The molecule has 2 N–H and O–H groups in total. The van der Waals surface area contributed by atoms with E-state index in [4.69, 9.17) is 0 Å². The first-order valence-corrected chi connectivity index (χ1v) is 7.85. The van der Waals surface area contributed by atoms with Gasteiger partial charge in [-0.05, 0) is 36.8 Å². The van der Waals surface area contributed by atoms with E-state index in [1.807, 2.05) is 6.20 Å². The third-order valence-corrected chi connectivity index (χ3v) is 4.68. The van der Waals surface area contributed by atoms with Crippen LogP contribution >= 0.6 is 0 Å². The number of aliphatic hydroxyl groups excluding tert-OH is 1. The zero-order valence-corrected chi connectivity index (χ0v) is 12.3. The fraction of sp³-hybridized carbons (Fsp3) is 0.688. The standard InChI is InChI=1S/C16H25N3O/c1-2-7-17-16-6-3-12(8-18-16)9-19-10-13-4-5-15(20)14(13)11-19/h3,6,8,13-15,20H,2,4-5,7,9-11H2,1H3,(H,17,18). The lowest BCUT2D eigenvalue weighted by molar-refractivity contribution is 0.123. The highest BCUT2D eigenvalue weighted by molar-refractivity contribution is 5.35. The molecule has 1 aliphatic heterocycles. The van der Waals surface area contributed by atoms with Gasteiger partial charge < -0.3 is 10.4 Å². The largest absolute Gasteiger partial charge is 0.393 e. The lowest BCUT2D eigenvalue weighted by atomic mass is 10.00. The molecule has 1 saturated carbocycles. The quantitative estimate of drug-likeness (QED) is 0.864. The molecule has 0 radical (unpaired) electrons. The van der Waals surface area contributed by atoms with Crippen molar-refractivity contribution in [1.29, 1.82) is 0 Å². The highest BCUT2D eigenvalue weighted by Gasteiger charge is 2.41. The van der Waals surface area contributed by atoms with Crippen LogP contribution in [-0.2, 0) is 6.54 Å². The number of likely N-dealkylation sites (tertiary alicyclic amines) is 1. The molecule has 3 atom stereocenters. The average molecular weight is 275 g/mol. The third-order valence-electron chi connectivity index (χ3n) is 4.68. The Labute approximate surface area is 121 Å². The number of nitrogens with zero attached hydrogens (tertiary/aromatic N) is 2. The van der Waals surface area contributed by atoms with Gasteiger partial charge in [0.2, 0.25) is 0 Å². The van der Waals surface area contributed by atoms with Crippen molar-refractivity contribution in [2.24, 2.45) is 11.8 Å². The Hall–Kier alpha value is -1.13. The highest BCUT2D eigenvalue weighted by atomic mass is 16.3. The molecule has 3 rings (SSSR count). The van der Waals surface area contributed by atoms with Crippen LogP contribution in [0.4, 0.5) is 5.82 Å². The first-order valence-electron chi connectivity index (χ1n) is 7.85. The van der Waals surface area contributed by atoms with Crippen LogP contribution in [0.5, 0.6) is 0 Å². The predicted octanol–water partition coefficient (Wildman–Crippen LogP) is 2.11. The van der Waals surface area contributed by atoms with Crippen LogP contribution in [0.25, 0.3) is 0 Å². The van der Waals surface area contributed by atoms with Crippen LogP contribution in [0.1, 0.15) is 31.7 Å². The molecule has 1 aromatic heterocycles. The van der Waals surface area contributed by atoms with Crippen molar-refractivity contribution in [3.8, 4) is 0 Å². The minimum Gasteiger partial charge on any atom is -0.393 e. The van der Waals surface area contributed by atoms with Gasteiger partial charge in [-0.15, -0.1) is 0 Å². The molecule has 0 amide bonds. The molecule has 0 spiro atoms. The number of hydrogen-bond donors (Lipinski definition) is 2. The van der Waals surface area contributed by atoms with Gasteiger partial charge in [0.15, 0.2) is 0 Å². The molecule has 1 saturated heterocycles. The number of nitrogens with one attached hydrogen (secondary N) is 1. The summed E-state index contributed by atoms with van der Waals surface area (Å²) in [6.45, 7) is 6.26. The van der Waals surface area contributed by atoms with Gasteiger partial charge >= 0.3 is 0 Å². The van der Waals surface area contributed by atoms with E-state index in [0.29, 0.717) is 11.8 Å². The molecular formula is C16H25N3O. The Morgan fingerprint density at radius 2 is 2.25 bits per heavy atom. The number of hydrogen-bond acceptors (Lipinski definition) is 4. The first kappa shape index (κ1) is 13.8. The third kappa shape index (κ3) is 2.96. The van der Waals surface area contributed by atoms with Crippen LogP contribution < -0.4 is 5.32 Å². The number of pyridine rings is 1. The summed E-state index contributed by atoms with van der Waals surface area (Å²) in [6, 6.07) is 4.23. The van der Waals surface area contributed by atoms with Gasteiger partial charge in [0.25, 0.3) is 0 Å². The molecular weight excluding hydrogens is 250 g/mol. The van der Waals surface area contributed by atoms with Crippen LogP contribution in [-0.4, -0.2) is 40.7 Å². The maximum atomic E-state index is 9.95. The van der Waals surface area contributed by atoms with Crippen molar-refractivity contribution in [3.05, 3.63) is 23.9 Å². The Morgan fingerprint density at radius 1 is 1.35 bits per heavy atom. The van der Waals surface area contributed by atoms with Crippen molar-refractivity contribution >= 4 is 5.82 Å². The molecule has 4 heteroatoms. The Balaban J connectivity index is 1.53. The lowest BCUT2D eigenvalue weighted by Crippen LogP contribution is -2.24. The molecule has 20 heavy (non-hydrogen) atoms. The zero-order valence-electron chi connectivity index (χ0n) is 12.3. The molecule has 2 fully saturated rings. The molecule has 0 bridgehead atoms. The maximum Gasteiger partial charge on any atom is 0.125 e. The Bertz CT molecular complexity index is 434. The first-order chi connectivity index (χ1) is 9.76. The second-order valence-corrected chi connectivity index (χ2v) is 6.24. The molecule has 2 aliphatic rings. The van der Waals surface area contributed by atoms with Crippen LogP contribution in [0.15, 0.2) is 18.3 Å². The summed E-state index contributed by atoms with van der Waals surface area (Å²) in [6.07, 6.45) is 5.22. The number of rotatable bonds is 5. The molecule has 0 aromatic carbocycles. The van der Waals surface area contributed by atoms with Gasteiger partial charge in [-0.1, -0.05) is 13.0 Å². The maximum absolute atomic E-state index is 9.95. The van der Waals surface area contributed by atoms with Crippen molar-refractivity contribution in [3.63, 3.8) is 0 Å². The number of aromatic nitrogens is 1. The normalized spacial score (nSPS) is 29.6. The van der Waals surface area contributed by atoms with Gasteiger partial charge in [-0.25, -0.2) is 4.98 Å². The van der Waals surface area contributed by atoms with E-state index < -0.39 is 0 Å². The van der Waals surface area contributed by atoms with E-state index in [2.05, 4.69) is 34.3 Å². The average Bonchev–Trinajstić information content (AvgIpc) is 3.00. The van der Waals surface area contributed by atoms with Crippen molar-refractivity contribution in [2.45, 2.75) is 38.8 Å². The molecule has 1 aliphatic carbocycles. The van der Waals surface area contributed by atoms with Gasteiger partial charge in [0.1, 0.15) is 5.82 Å². The Morgan fingerprint density at radius 3 is 2.95 bits per heavy atom. The van der Waals surface area contributed by atoms with Crippen LogP contribution in [0.3, 0.4) is 0 Å². The topological polar surface area (TPSA) is 48.4 Å². The Kier molecular flexibility index (Phi) is 4.22. The molecule has 2 heterocycles. The van der Waals surface area contributed by atoms with Crippen molar-refractivity contribution in [1.82, 2.24) is 9.88 Å². The van der Waals surface area contributed by atoms with E-state index in [9.17, 15) is 5.11 Å². The summed E-state index contributed by atoms with van der Waals surface area (Å²) < 4.78 is 0. The van der Waals surface area contributed by atoms with E-state index in [1.165, 1.54) is 12.0 Å². The second kappa shape index (κ2) is 6.10. The van der Waals surface area contributed by atoms with Gasteiger partial charge in [-0.3, -0.25) is 4.90 Å². The molecule has 110 valence electrons. The van der Waals surface area contributed by atoms with Crippen LogP contribution in [0.2, 0.25) is 0 Å². The van der Waals surface area contributed by atoms with Crippen molar-refractivity contribution < 1.29 is 5.11 Å². The van der Waals surface area contributed by atoms with Crippen molar-refractivity contribution in [2.75, 3.05) is 25.0 Å². The second-order valence-electron chi connectivity index (χ2n) is 6.24. The summed E-state index contributed by atoms with van der Waals surface area (Å²) >= 11 is 0. The smallest absolute Gasteiger partial charge is 0.125 e. The molecule has 3 unspecified atom stereocenters. The van der Waals surface area contributed by atoms with E-state index in [-0.39, 0.29) is 6.10 Å². The predicted molar refractivity (Wildman–Crippen MR) is 80.5 cm³/mol. The monoisotopic (exact) mass is 275 g/mol. The number of fused-ring (bicyclic) bond motifs is 1. The van der Waals surface area contributed by atoms with E-state index in [0.717, 1.165) is 44.8 Å². The highest BCUT2D eigenvalue weighted by Crippen LogP contribution is 2.38.